The minimum Gasteiger partial charge on any atom is -0.338 e. The Labute approximate surface area is 124 Å². The van der Waals surface area contributed by atoms with Crippen LogP contribution in [0.15, 0.2) is 20.4 Å². The van der Waals surface area contributed by atoms with Crippen molar-refractivity contribution in [3.8, 4) is 10.7 Å². The smallest absolute Gasteiger partial charge is 0.234 e. The van der Waals surface area contributed by atoms with Crippen LogP contribution in [0.1, 0.15) is 38.5 Å². The maximum Gasteiger partial charge on any atom is 0.234 e. The van der Waals surface area contributed by atoms with E-state index in [1.807, 2.05) is 11.4 Å². The van der Waals surface area contributed by atoms with Crippen LogP contribution in [0, 0.1) is 0 Å². The third-order valence-corrected chi connectivity index (χ3v) is 5.67. The van der Waals surface area contributed by atoms with Gasteiger partial charge in [-0.25, -0.2) is 0 Å². The fraction of sp³-hybridized carbons (Fsp3) is 0.538. The molecule has 0 aliphatic heterocycles. The minimum absolute atomic E-state index is 0.102. The van der Waals surface area contributed by atoms with Gasteiger partial charge < -0.3 is 10.3 Å². The molecular weight excluding hydrogens is 326 g/mol. The molecule has 4 nitrogen and oxygen atoms in total. The molecule has 2 aromatic heterocycles. The molecule has 0 aromatic carbocycles. The number of rotatable bonds is 2. The lowest BCUT2D eigenvalue weighted by Crippen LogP contribution is -2.45. The molecule has 2 aromatic rings. The van der Waals surface area contributed by atoms with E-state index < -0.39 is 0 Å². The van der Waals surface area contributed by atoms with E-state index in [9.17, 15) is 0 Å². The molecule has 2 unspecified atom stereocenters. The zero-order chi connectivity index (χ0) is 13.5. The quantitative estimate of drug-likeness (QED) is 0.903. The van der Waals surface area contributed by atoms with Crippen LogP contribution >= 0.6 is 27.3 Å². The van der Waals surface area contributed by atoms with Gasteiger partial charge in [-0.2, -0.15) is 4.98 Å². The maximum atomic E-state index is 6.26. The molecule has 1 fully saturated rings. The highest BCUT2D eigenvalue weighted by atomic mass is 79.9. The van der Waals surface area contributed by atoms with Crippen LogP contribution in [0.4, 0.5) is 0 Å². The standard InChI is InChI=1S/C13H16BrN3OS/c1-13(5-3-2-4-10(13)15)12-16-11(17-18-12)9-6-8(14)7-19-9/h6-7,10H,2-5,15H2,1H3. The Morgan fingerprint density at radius 2 is 2.37 bits per heavy atom. The third kappa shape index (κ3) is 2.37. The van der Waals surface area contributed by atoms with E-state index in [4.69, 9.17) is 10.3 Å². The lowest BCUT2D eigenvalue weighted by Gasteiger charge is -2.35. The molecule has 1 aliphatic carbocycles. The van der Waals surface area contributed by atoms with E-state index in [0.29, 0.717) is 11.7 Å². The molecule has 102 valence electrons. The number of thiophene rings is 1. The summed E-state index contributed by atoms with van der Waals surface area (Å²) in [6.45, 7) is 2.14. The van der Waals surface area contributed by atoms with Gasteiger partial charge >= 0.3 is 0 Å². The van der Waals surface area contributed by atoms with Crippen molar-refractivity contribution < 1.29 is 4.52 Å². The van der Waals surface area contributed by atoms with Crippen molar-refractivity contribution in [1.29, 1.82) is 0 Å². The maximum absolute atomic E-state index is 6.26. The molecule has 0 radical (unpaired) electrons. The molecule has 0 amide bonds. The van der Waals surface area contributed by atoms with Gasteiger partial charge in [0.15, 0.2) is 0 Å². The van der Waals surface area contributed by atoms with E-state index in [1.165, 1.54) is 12.8 Å². The van der Waals surface area contributed by atoms with Gasteiger partial charge in [0.25, 0.3) is 0 Å². The molecule has 0 saturated heterocycles. The first-order valence-corrected chi connectivity index (χ1v) is 8.11. The summed E-state index contributed by atoms with van der Waals surface area (Å²) in [7, 11) is 0. The Morgan fingerprint density at radius 1 is 1.53 bits per heavy atom. The van der Waals surface area contributed by atoms with Gasteiger partial charge in [-0.05, 0) is 41.8 Å². The summed E-state index contributed by atoms with van der Waals surface area (Å²) in [6, 6.07) is 2.10. The van der Waals surface area contributed by atoms with Gasteiger partial charge in [0.05, 0.1) is 10.3 Å². The number of halogens is 1. The van der Waals surface area contributed by atoms with Crippen molar-refractivity contribution in [2.24, 2.45) is 5.73 Å². The highest BCUT2D eigenvalue weighted by Gasteiger charge is 2.40. The third-order valence-electron chi connectivity index (χ3n) is 3.98. The molecule has 0 spiro atoms. The van der Waals surface area contributed by atoms with Crippen molar-refractivity contribution in [2.45, 2.75) is 44.1 Å². The predicted octanol–water partition coefficient (Wildman–Crippen LogP) is 3.72. The van der Waals surface area contributed by atoms with Crippen molar-refractivity contribution >= 4 is 27.3 Å². The van der Waals surface area contributed by atoms with Crippen molar-refractivity contribution in [3.05, 3.63) is 21.8 Å². The Hall–Kier alpha value is -0.720. The largest absolute Gasteiger partial charge is 0.338 e. The van der Waals surface area contributed by atoms with Crippen LogP contribution in [0.2, 0.25) is 0 Å². The van der Waals surface area contributed by atoms with Gasteiger partial charge in [0, 0.05) is 15.9 Å². The normalized spacial score (nSPS) is 27.6. The van der Waals surface area contributed by atoms with Gasteiger partial charge in [0.1, 0.15) is 0 Å². The van der Waals surface area contributed by atoms with Gasteiger partial charge in [-0.15, -0.1) is 11.3 Å². The van der Waals surface area contributed by atoms with Crippen molar-refractivity contribution in [3.63, 3.8) is 0 Å². The van der Waals surface area contributed by atoms with Gasteiger partial charge in [0.2, 0.25) is 11.7 Å². The van der Waals surface area contributed by atoms with Crippen LogP contribution in [0.3, 0.4) is 0 Å². The zero-order valence-electron chi connectivity index (χ0n) is 10.7. The van der Waals surface area contributed by atoms with E-state index in [-0.39, 0.29) is 11.5 Å². The number of hydrogen-bond acceptors (Lipinski definition) is 5. The second-order valence-electron chi connectivity index (χ2n) is 5.32. The topological polar surface area (TPSA) is 64.9 Å². The number of hydrogen-bond donors (Lipinski definition) is 1. The predicted molar refractivity (Wildman–Crippen MR) is 79.1 cm³/mol. The van der Waals surface area contributed by atoms with Gasteiger partial charge in [-0.1, -0.05) is 18.0 Å². The summed E-state index contributed by atoms with van der Waals surface area (Å²) in [5.41, 5.74) is 6.08. The Morgan fingerprint density at radius 3 is 3.05 bits per heavy atom. The summed E-state index contributed by atoms with van der Waals surface area (Å²) in [5, 5.41) is 6.12. The van der Waals surface area contributed by atoms with Crippen molar-refractivity contribution in [1.82, 2.24) is 10.1 Å². The number of nitrogens with zero attached hydrogens (tertiary/aromatic N) is 2. The van der Waals surface area contributed by atoms with E-state index in [1.54, 1.807) is 11.3 Å². The summed E-state index contributed by atoms with van der Waals surface area (Å²) in [5.74, 6) is 1.34. The van der Waals surface area contributed by atoms with Crippen LogP contribution in [-0.4, -0.2) is 16.2 Å². The lowest BCUT2D eigenvalue weighted by atomic mass is 9.72. The first kappa shape index (κ1) is 13.3. The van der Waals surface area contributed by atoms with E-state index in [2.05, 4.69) is 33.0 Å². The molecule has 2 heterocycles. The summed E-state index contributed by atoms with van der Waals surface area (Å²) in [4.78, 5) is 5.58. The average molecular weight is 342 g/mol. The fourth-order valence-electron chi connectivity index (χ4n) is 2.61. The van der Waals surface area contributed by atoms with Crippen LogP contribution in [-0.2, 0) is 5.41 Å². The first-order chi connectivity index (χ1) is 9.09. The van der Waals surface area contributed by atoms with Crippen LogP contribution < -0.4 is 5.73 Å². The summed E-state index contributed by atoms with van der Waals surface area (Å²) >= 11 is 5.04. The first-order valence-electron chi connectivity index (χ1n) is 6.44. The van der Waals surface area contributed by atoms with E-state index in [0.717, 1.165) is 22.2 Å². The molecule has 2 atom stereocenters. The molecule has 2 N–H and O–H groups in total. The van der Waals surface area contributed by atoms with Gasteiger partial charge in [-0.3, -0.25) is 0 Å². The summed E-state index contributed by atoms with van der Waals surface area (Å²) < 4.78 is 6.53. The number of aromatic nitrogens is 2. The fourth-order valence-corrected chi connectivity index (χ4v) is 3.96. The molecule has 1 aliphatic rings. The second-order valence-corrected chi connectivity index (χ2v) is 7.15. The molecule has 1 saturated carbocycles. The Balaban J connectivity index is 1.92. The Kier molecular flexibility index (Phi) is 3.49. The summed E-state index contributed by atoms with van der Waals surface area (Å²) in [6.07, 6.45) is 4.41. The number of nitrogens with two attached hydrogens (primary N) is 1. The molecule has 6 heteroatoms. The van der Waals surface area contributed by atoms with Crippen LogP contribution in [0.25, 0.3) is 10.7 Å². The van der Waals surface area contributed by atoms with Crippen LogP contribution in [0.5, 0.6) is 0 Å². The highest BCUT2D eigenvalue weighted by molar-refractivity contribution is 9.10. The monoisotopic (exact) mass is 341 g/mol. The lowest BCUT2D eigenvalue weighted by molar-refractivity contribution is 0.203. The average Bonchev–Trinajstić information content (AvgIpc) is 3.01. The van der Waals surface area contributed by atoms with E-state index >= 15 is 0 Å². The highest BCUT2D eigenvalue weighted by Crippen LogP contribution is 2.38. The SMILES string of the molecule is CC1(c2nc(-c3cc(Br)cs3)no2)CCCCC1N. The zero-order valence-corrected chi connectivity index (χ0v) is 13.1. The molecule has 19 heavy (non-hydrogen) atoms. The second kappa shape index (κ2) is 5.00. The minimum atomic E-state index is -0.183. The molecule has 0 bridgehead atoms. The molecular formula is C13H16BrN3OS. The Bertz CT molecular complexity index is 582. The van der Waals surface area contributed by atoms with Crippen molar-refractivity contribution in [2.75, 3.05) is 0 Å². The molecule has 3 rings (SSSR count).